The van der Waals surface area contributed by atoms with Crippen LogP contribution in [0.1, 0.15) is 70.3 Å². The number of halogens is 2. The summed E-state index contributed by atoms with van der Waals surface area (Å²) in [4.78, 5) is 18.9. The Kier molecular flexibility index (Phi) is 9.71. The second-order valence-electron chi connectivity index (χ2n) is 16.6. The minimum absolute atomic E-state index is 0.0282. The largest absolute Gasteiger partial charge is 0.508 e. The Hall–Kier alpha value is -3.91. The van der Waals surface area contributed by atoms with Crippen LogP contribution in [0.25, 0.3) is 32.9 Å². The Balaban J connectivity index is 1.12. The topological polar surface area (TPSA) is 123 Å². The summed E-state index contributed by atoms with van der Waals surface area (Å²) in [6.45, 7) is 6.13. The zero-order valence-corrected chi connectivity index (χ0v) is 31.8. The van der Waals surface area contributed by atoms with Gasteiger partial charge in [0, 0.05) is 42.8 Å². The number of hydrogen-bond acceptors (Lipinski definition) is 11. The number of aliphatic hydroxyl groups is 1. The van der Waals surface area contributed by atoms with Gasteiger partial charge >= 0.3 is 6.01 Å². The van der Waals surface area contributed by atoms with E-state index in [9.17, 15) is 10.2 Å². The summed E-state index contributed by atoms with van der Waals surface area (Å²) in [5.74, 6) is -0.944. The fourth-order valence-electron chi connectivity index (χ4n) is 10.7. The van der Waals surface area contributed by atoms with E-state index in [2.05, 4.69) is 9.88 Å². The monoisotopic (exact) mass is 759 g/mol. The van der Waals surface area contributed by atoms with Crippen LogP contribution in [0.15, 0.2) is 24.3 Å². The summed E-state index contributed by atoms with van der Waals surface area (Å²) in [6, 6.07) is 6.84. The second-order valence-corrected chi connectivity index (χ2v) is 16.6. The lowest BCUT2D eigenvalue weighted by Gasteiger charge is -2.58. The molecule has 3 saturated heterocycles. The summed E-state index contributed by atoms with van der Waals surface area (Å²) in [6.07, 6.45) is 9.76. The Labute approximate surface area is 319 Å². The molecule has 13 heteroatoms. The molecule has 5 heterocycles. The number of benzene rings is 2. The van der Waals surface area contributed by atoms with E-state index in [4.69, 9.17) is 28.9 Å². The minimum atomic E-state index is -0.807. The molecular formula is C42H51F2N5O6. The standard InChI is InChI=1S/C42H51F2N5O6/c1-3-29-31(43)9-8-25-17-27(50)18-30(33(25)29)36-35(44)37-34(39(45-36)52-2)38(48-14-16-53-22-28(51)21-48)47-40(46-37)55-24-42-11-4-7-32(42)49(13-5-12-42)26-19-41(20-26)10-6-15-54-23-41/h8-9,17-18,26,28,32,50-51H,3-7,10-16,19-24H2,1-2H3. The number of β-amino-alcohol motifs (C(OH)–C–C–N with tert-alkyl or cyclic N) is 1. The summed E-state index contributed by atoms with van der Waals surface area (Å²) >= 11 is 0. The molecule has 294 valence electrons. The number of rotatable bonds is 8. The van der Waals surface area contributed by atoms with E-state index >= 15 is 8.78 Å². The maximum absolute atomic E-state index is 17.3. The fraction of sp³-hybridized carbons (Fsp3) is 0.595. The molecule has 4 aromatic rings. The molecule has 0 radical (unpaired) electrons. The number of methoxy groups -OCH3 is 1. The van der Waals surface area contributed by atoms with Crippen molar-refractivity contribution in [1.82, 2.24) is 19.9 Å². The van der Waals surface area contributed by atoms with Gasteiger partial charge in [-0.15, -0.1) is 0 Å². The van der Waals surface area contributed by atoms with Gasteiger partial charge in [0.25, 0.3) is 0 Å². The van der Waals surface area contributed by atoms with Gasteiger partial charge in [0.05, 0.1) is 39.6 Å². The highest BCUT2D eigenvalue weighted by atomic mass is 19.1. The van der Waals surface area contributed by atoms with Crippen LogP contribution in [-0.4, -0.2) is 108 Å². The average Bonchev–Trinajstić information content (AvgIpc) is 3.50. The Morgan fingerprint density at radius 1 is 0.982 bits per heavy atom. The maximum Gasteiger partial charge on any atom is 0.319 e. The Bertz CT molecular complexity index is 2090. The second kappa shape index (κ2) is 14.5. The van der Waals surface area contributed by atoms with Crippen molar-refractivity contribution in [3.63, 3.8) is 0 Å². The SMILES string of the molecule is CCc1c(F)ccc2cc(O)cc(-c3nc(OC)c4c(N5CCOCC(O)C5)nc(OCC56CCCC5N(C5CC7(CCCOC7)C5)CCC6)nc4c3F)c12. The number of aliphatic hydroxyl groups excluding tert-OH is 1. The molecule has 1 spiro atoms. The van der Waals surface area contributed by atoms with Crippen molar-refractivity contribution in [2.24, 2.45) is 10.8 Å². The zero-order valence-electron chi connectivity index (χ0n) is 31.8. The molecule has 3 aliphatic heterocycles. The smallest absolute Gasteiger partial charge is 0.319 e. The number of fused-ring (bicyclic) bond motifs is 3. The van der Waals surface area contributed by atoms with Gasteiger partial charge in [-0.25, -0.2) is 13.8 Å². The van der Waals surface area contributed by atoms with E-state index in [-0.39, 0.29) is 58.4 Å². The van der Waals surface area contributed by atoms with Gasteiger partial charge in [-0.1, -0.05) is 19.4 Å². The molecule has 2 aromatic heterocycles. The number of nitrogens with zero attached hydrogens (tertiary/aromatic N) is 5. The van der Waals surface area contributed by atoms with E-state index < -0.39 is 17.7 Å². The number of piperidine rings is 1. The third kappa shape index (κ3) is 6.44. The van der Waals surface area contributed by atoms with Gasteiger partial charge in [0.15, 0.2) is 5.82 Å². The van der Waals surface area contributed by atoms with Crippen molar-refractivity contribution in [3.8, 4) is 28.9 Å². The molecule has 2 N–H and O–H groups in total. The molecule has 55 heavy (non-hydrogen) atoms. The Morgan fingerprint density at radius 2 is 1.84 bits per heavy atom. The van der Waals surface area contributed by atoms with Crippen LogP contribution in [0.5, 0.6) is 17.6 Å². The molecule has 5 fully saturated rings. The number of likely N-dealkylation sites (tertiary alicyclic amines) is 1. The van der Waals surface area contributed by atoms with Crippen LogP contribution in [0, 0.1) is 22.5 Å². The summed E-state index contributed by atoms with van der Waals surface area (Å²) in [7, 11) is 1.44. The van der Waals surface area contributed by atoms with Crippen LogP contribution in [-0.2, 0) is 15.9 Å². The number of phenols is 1. The molecule has 5 aliphatic rings. The number of hydrogen-bond donors (Lipinski definition) is 2. The van der Waals surface area contributed by atoms with E-state index in [1.165, 1.54) is 44.6 Å². The lowest BCUT2D eigenvalue weighted by atomic mass is 9.61. The third-order valence-electron chi connectivity index (χ3n) is 13.3. The van der Waals surface area contributed by atoms with Gasteiger partial charge in [-0.05, 0) is 104 Å². The first kappa shape index (κ1) is 36.7. The fourth-order valence-corrected chi connectivity index (χ4v) is 10.7. The Morgan fingerprint density at radius 3 is 2.64 bits per heavy atom. The number of aryl methyl sites for hydroxylation is 1. The molecule has 3 atom stereocenters. The van der Waals surface area contributed by atoms with Crippen molar-refractivity contribution in [2.75, 3.05) is 64.7 Å². The normalized spacial score (nSPS) is 28.7. The highest BCUT2D eigenvalue weighted by molar-refractivity contribution is 6.03. The highest BCUT2D eigenvalue weighted by Gasteiger charge is 2.55. The van der Waals surface area contributed by atoms with Gasteiger partial charge in [0.2, 0.25) is 5.88 Å². The lowest BCUT2D eigenvalue weighted by Crippen LogP contribution is -2.61. The number of phenolic OH excluding ortho intramolecular Hbond substituents is 1. The van der Waals surface area contributed by atoms with E-state index in [0.29, 0.717) is 65.8 Å². The first-order valence-corrected chi connectivity index (χ1v) is 20.1. The first-order chi connectivity index (χ1) is 26.7. The van der Waals surface area contributed by atoms with Gasteiger partial charge in [0.1, 0.15) is 34.0 Å². The molecule has 3 unspecified atom stereocenters. The molecule has 11 nitrogen and oxygen atoms in total. The van der Waals surface area contributed by atoms with Gasteiger partial charge in [-0.2, -0.15) is 9.97 Å². The predicted octanol–water partition coefficient (Wildman–Crippen LogP) is 6.57. The molecule has 2 saturated carbocycles. The van der Waals surface area contributed by atoms with Crippen molar-refractivity contribution in [2.45, 2.75) is 89.3 Å². The van der Waals surface area contributed by atoms with Crippen LogP contribution < -0.4 is 14.4 Å². The predicted molar refractivity (Wildman–Crippen MR) is 204 cm³/mol. The van der Waals surface area contributed by atoms with E-state index in [1.54, 1.807) is 6.07 Å². The van der Waals surface area contributed by atoms with Crippen LogP contribution in [0.3, 0.4) is 0 Å². The summed E-state index contributed by atoms with van der Waals surface area (Å²) < 4.78 is 56.6. The highest BCUT2D eigenvalue weighted by Crippen LogP contribution is 2.55. The van der Waals surface area contributed by atoms with Gasteiger partial charge < -0.3 is 34.1 Å². The third-order valence-corrected chi connectivity index (χ3v) is 13.3. The van der Waals surface area contributed by atoms with Crippen LogP contribution in [0.4, 0.5) is 14.6 Å². The summed E-state index contributed by atoms with van der Waals surface area (Å²) in [5.41, 5.74) is 0.658. The van der Waals surface area contributed by atoms with Gasteiger partial charge in [-0.3, -0.25) is 4.90 Å². The number of anilines is 1. The van der Waals surface area contributed by atoms with E-state index in [0.717, 1.165) is 58.3 Å². The molecule has 0 bridgehead atoms. The van der Waals surface area contributed by atoms with E-state index in [1.807, 2.05) is 11.8 Å². The summed E-state index contributed by atoms with van der Waals surface area (Å²) in [5, 5.41) is 22.8. The molecule has 2 aliphatic carbocycles. The van der Waals surface area contributed by atoms with Crippen LogP contribution in [0.2, 0.25) is 0 Å². The van der Waals surface area contributed by atoms with Crippen molar-refractivity contribution < 1.29 is 37.9 Å². The van der Waals surface area contributed by atoms with Crippen LogP contribution >= 0.6 is 0 Å². The van der Waals surface area contributed by atoms with Crippen molar-refractivity contribution in [1.29, 1.82) is 0 Å². The number of aromatic nitrogens is 3. The zero-order chi connectivity index (χ0) is 37.9. The van der Waals surface area contributed by atoms with Crippen molar-refractivity contribution >= 4 is 27.5 Å². The molecular weight excluding hydrogens is 708 g/mol. The molecule has 2 aromatic carbocycles. The quantitative estimate of drug-likeness (QED) is 0.203. The number of aromatic hydroxyl groups is 1. The number of ether oxygens (including phenoxy) is 4. The lowest BCUT2D eigenvalue weighted by molar-refractivity contribution is -0.125. The minimum Gasteiger partial charge on any atom is -0.508 e. The first-order valence-electron chi connectivity index (χ1n) is 20.1. The maximum atomic E-state index is 17.3. The average molecular weight is 760 g/mol. The molecule has 0 amide bonds. The van der Waals surface area contributed by atoms with Crippen molar-refractivity contribution in [3.05, 3.63) is 41.5 Å². The molecule has 9 rings (SSSR count). The number of pyridine rings is 1.